The van der Waals surface area contributed by atoms with Crippen LogP contribution in [0.4, 0.5) is 0 Å². The molecule has 0 radical (unpaired) electrons. The second-order valence-corrected chi connectivity index (χ2v) is 5.24. The van der Waals surface area contributed by atoms with Crippen molar-refractivity contribution in [2.75, 3.05) is 20.2 Å². The van der Waals surface area contributed by atoms with Crippen molar-refractivity contribution in [2.24, 2.45) is 0 Å². The van der Waals surface area contributed by atoms with Gasteiger partial charge >= 0.3 is 0 Å². The summed E-state index contributed by atoms with van der Waals surface area (Å²) in [6.07, 6.45) is 5.67. The SMILES string of the molecule is COc1cccc(C(=O)N2CCC(n3cccn3)CC2)c1. The standard InChI is InChI=1S/C16H19N3O2/c1-21-15-5-2-4-13(12-15)16(20)18-10-6-14(7-11-18)19-9-3-8-17-19/h2-5,8-9,12,14H,6-7,10-11H2,1H3. The van der Waals surface area contributed by atoms with Crippen LogP contribution in [0.2, 0.25) is 0 Å². The van der Waals surface area contributed by atoms with Gasteiger partial charge in [0.05, 0.1) is 13.2 Å². The number of carbonyl (C=O) groups is 1. The van der Waals surface area contributed by atoms with E-state index in [1.54, 1.807) is 19.4 Å². The van der Waals surface area contributed by atoms with Crippen LogP contribution in [0.1, 0.15) is 29.2 Å². The van der Waals surface area contributed by atoms with Gasteiger partial charge in [0.25, 0.3) is 5.91 Å². The summed E-state index contributed by atoms with van der Waals surface area (Å²) in [5, 5.41) is 4.29. The Labute approximate surface area is 124 Å². The zero-order valence-corrected chi connectivity index (χ0v) is 12.1. The van der Waals surface area contributed by atoms with E-state index in [1.165, 1.54) is 0 Å². The molecule has 2 heterocycles. The number of carbonyl (C=O) groups excluding carboxylic acids is 1. The smallest absolute Gasteiger partial charge is 0.253 e. The molecule has 1 amide bonds. The van der Waals surface area contributed by atoms with Gasteiger partial charge in [-0.1, -0.05) is 6.07 Å². The van der Waals surface area contributed by atoms with Crippen LogP contribution in [-0.2, 0) is 0 Å². The van der Waals surface area contributed by atoms with Crippen molar-refractivity contribution in [2.45, 2.75) is 18.9 Å². The zero-order valence-electron chi connectivity index (χ0n) is 12.1. The van der Waals surface area contributed by atoms with Crippen molar-refractivity contribution in [3.8, 4) is 5.75 Å². The van der Waals surface area contributed by atoms with Gasteiger partial charge < -0.3 is 9.64 Å². The molecule has 1 aromatic carbocycles. The third-order valence-corrected chi connectivity index (χ3v) is 3.97. The molecular formula is C16H19N3O2. The van der Waals surface area contributed by atoms with Crippen LogP contribution in [0.25, 0.3) is 0 Å². The fourth-order valence-corrected chi connectivity index (χ4v) is 2.77. The lowest BCUT2D eigenvalue weighted by Crippen LogP contribution is -2.39. The second kappa shape index (κ2) is 5.99. The topological polar surface area (TPSA) is 47.4 Å². The van der Waals surface area contributed by atoms with Gasteiger partial charge in [-0.15, -0.1) is 0 Å². The number of nitrogens with zero attached hydrogens (tertiary/aromatic N) is 3. The highest BCUT2D eigenvalue weighted by Crippen LogP contribution is 2.23. The van der Waals surface area contributed by atoms with Crippen LogP contribution >= 0.6 is 0 Å². The van der Waals surface area contributed by atoms with E-state index in [1.807, 2.05) is 40.0 Å². The molecule has 110 valence electrons. The molecule has 0 atom stereocenters. The van der Waals surface area contributed by atoms with Crippen LogP contribution in [0, 0.1) is 0 Å². The summed E-state index contributed by atoms with van der Waals surface area (Å²) < 4.78 is 7.17. The second-order valence-electron chi connectivity index (χ2n) is 5.24. The molecule has 1 fully saturated rings. The van der Waals surface area contributed by atoms with Crippen LogP contribution in [0.5, 0.6) is 5.75 Å². The van der Waals surface area contributed by atoms with Crippen LogP contribution in [0.3, 0.4) is 0 Å². The van der Waals surface area contributed by atoms with Crippen molar-refractivity contribution in [1.82, 2.24) is 14.7 Å². The van der Waals surface area contributed by atoms with E-state index in [4.69, 9.17) is 4.74 Å². The lowest BCUT2D eigenvalue weighted by Gasteiger charge is -2.32. The highest BCUT2D eigenvalue weighted by Gasteiger charge is 2.24. The lowest BCUT2D eigenvalue weighted by molar-refractivity contribution is 0.0689. The number of amides is 1. The molecule has 0 aliphatic carbocycles. The Hall–Kier alpha value is -2.30. The highest BCUT2D eigenvalue weighted by molar-refractivity contribution is 5.94. The van der Waals surface area contributed by atoms with Crippen LogP contribution < -0.4 is 4.74 Å². The van der Waals surface area contributed by atoms with E-state index in [0.29, 0.717) is 17.4 Å². The number of methoxy groups -OCH3 is 1. The average molecular weight is 285 g/mol. The molecule has 21 heavy (non-hydrogen) atoms. The van der Waals surface area contributed by atoms with Gasteiger partial charge in [0.1, 0.15) is 5.75 Å². The molecule has 3 rings (SSSR count). The van der Waals surface area contributed by atoms with E-state index in [2.05, 4.69) is 5.10 Å². The Morgan fingerprint density at radius 1 is 1.29 bits per heavy atom. The molecule has 5 nitrogen and oxygen atoms in total. The number of hydrogen-bond donors (Lipinski definition) is 0. The van der Waals surface area contributed by atoms with Crippen LogP contribution in [0.15, 0.2) is 42.7 Å². The first-order valence-electron chi connectivity index (χ1n) is 7.20. The molecule has 1 aliphatic heterocycles. The maximum atomic E-state index is 12.5. The molecule has 1 aromatic heterocycles. The van der Waals surface area contributed by atoms with Crippen molar-refractivity contribution in [3.63, 3.8) is 0 Å². The molecule has 2 aromatic rings. The Kier molecular flexibility index (Phi) is 3.90. The number of piperidine rings is 1. The number of benzene rings is 1. The van der Waals surface area contributed by atoms with E-state index >= 15 is 0 Å². The minimum absolute atomic E-state index is 0.0767. The van der Waals surface area contributed by atoms with Crippen LogP contribution in [-0.4, -0.2) is 40.8 Å². The zero-order chi connectivity index (χ0) is 14.7. The molecule has 0 saturated carbocycles. The summed E-state index contributed by atoms with van der Waals surface area (Å²) in [5.41, 5.74) is 0.687. The molecule has 0 bridgehead atoms. The van der Waals surface area contributed by atoms with Gasteiger partial charge in [0.15, 0.2) is 0 Å². The molecule has 5 heteroatoms. The maximum absolute atomic E-state index is 12.5. The van der Waals surface area contributed by atoms with Crippen molar-refractivity contribution in [3.05, 3.63) is 48.3 Å². The summed E-state index contributed by atoms with van der Waals surface area (Å²) in [4.78, 5) is 14.4. The minimum Gasteiger partial charge on any atom is -0.497 e. The first-order valence-corrected chi connectivity index (χ1v) is 7.20. The maximum Gasteiger partial charge on any atom is 0.253 e. The fourth-order valence-electron chi connectivity index (χ4n) is 2.77. The first-order chi connectivity index (χ1) is 10.3. The number of hydrogen-bond acceptors (Lipinski definition) is 3. The van der Waals surface area contributed by atoms with Gasteiger partial charge in [-0.05, 0) is 37.1 Å². The fraction of sp³-hybridized carbons (Fsp3) is 0.375. The monoisotopic (exact) mass is 285 g/mol. The van der Waals surface area contributed by atoms with Gasteiger partial charge in [-0.25, -0.2) is 0 Å². The number of likely N-dealkylation sites (tertiary alicyclic amines) is 1. The molecule has 1 aliphatic rings. The van der Waals surface area contributed by atoms with E-state index < -0.39 is 0 Å². The van der Waals surface area contributed by atoms with E-state index in [9.17, 15) is 4.79 Å². The Morgan fingerprint density at radius 2 is 2.10 bits per heavy atom. The molecule has 0 N–H and O–H groups in total. The Balaban J connectivity index is 1.64. The summed E-state index contributed by atoms with van der Waals surface area (Å²) in [7, 11) is 1.61. The minimum atomic E-state index is 0.0767. The molecule has 0 unspecified atom stereocenters. The summed E-state index contributed by atoms with van der Waals surface area (Å²) in [5.74, 6) is 0.792. The Bertz CT molecular complexity index is 602. The van der Waals surface area contributed by atoms with Gasteiger partial charge in [0.2, 0.25) is 0 Å². The molecule has 0 spiro atoms. The lowest BCUT2D eigenvalue weighted by atomic mass is 10.0. The quantitative estimate of drug-likeness (QED) is 0.870. The van der Waals surface area contributed by atoms with Crippen molar-refractivity contribution in [1.29, 1.82) is 0 Å². The third-order valence-electron chi connectivity index (χ3n) is 3.97. The summed E-state index contributed by atoms with van der Waals surface area (Å²) >= 11 is 0. The van der Waals surface area contributed by atoms with Crippen molar-refractivity contribution >= 4 is 5.91 Å². The third kappa shape index (κ3) is 2.91. The molecule has 1 saturated heterocycles. The summed E-state index contributed by atoms with van der Waals surface area (Å²) in [6, 6.07) is 9.66. The highest BCUT2D eigenvalue weighted by atomic mass is 16.5. The normalized spacial score (nSPS) is 16.0. The number of ether oxygens (including phenoxy) is 1. The number of aromatic nitrogens is 2. The first kappa shape index (κ1) is 13.7. The summed E-state index contributed by atoms with van der Waals surface area (Å²) in [6.45, 7) is 1.53. The predicted molar refractivity (Wildman–Crippen MR) is 79.4 cm³/mol. The molecular weight excluding hydrogens is 266 g/mol. The van der Waals surface area contributed by atoms with E-state index in [-0.39, 0.29) is 5.91 Å². The van der Waals surface area contributed by atoms with Gasteiger partial charge in [0, 0.05) is 31.0 Å². The average Bonchev–Trinajstić information content (AvgIpc) is 3.09. The van der Waals surface area contributed by atoms with Gasteiger partial charge in [-0.2, -0.15) is 5.10 Å². The van der Waals surface area contributed by atoms with Crippen molar-refractivity contribution < 1.29 is 9.53 Å². The van der Waals surface area contributed by atoms with Gasteiger partial charge in [-0.3, -0.25) is 9.48 Å². The Morgan fingerprint density at radius 3 is 2.76 bits per heavy atom. The number of rotatable bonds is 3. The predicted octanol–water partition coefficient (Wildman–Crippen LogP) is 2.37. The van der Waals surface area contributed by atoms with E-state index in [0.717, 1.165) is 25.9 Å². The largest absolute Gasteiger partial charge is 0.497 e.